The molecule has 4 aromatic rings. The lowest BCUT2D eigenvalue weighted by atomic mass is 10.2. The predicted molar refractivity (Wildman–Crippen MR) is 146 cm³/mol. The molecule has 37 heavy (non-hydrogen) atoms. The molecule has 10 heteroatoms. The molecule has 2 aliphatic rings. The normalized spacial score (nSPS) is 16.4. The molecular formula is C27H31N5O4S. The van der Waals surface area contributed by atoms with Crippen LogP contribution in [0.1, 0.15) is 33.6 Å². The molecule has 2 aliphatic heterocycles. The average Bonchev–Trinajstić information content (AvgIpc) is 3.41. The van der Waals surface area contributed by atoms with E-state index >= 15 is 0 Å². The number of carbonyl (C=O) groups is 1. The number of hydrogen-bond acceptors (Lipinski definition) is 8. The first kappa shape index (κ1) is 24.0. The third-order valence-electron chi connectivity index (χ3n) is 6.46. The maximum atomic E-state index is 12.2. The van der Waals surface area contributed by atoms with Crippen LogP contribution in [0.3, 0.4) is 0 Å². The van der Waals surface area contributed by atoms with Gasteiger partial charge in [0.1, 0.15) is 22.7 Å². The van der Waals surface area contributed by atoms with Crippen molar-refractivity contribution in [1.82, 2.24) is 14.5 Å². The van der Waals surface area contributed by atoms with Gasteiger partial charge in [-0.2, -0.15) is 0 Å². The number of morpholine rings is 1. The zero-order chi connectivity index (χ0) is 25.6. The number of aromatic nitrogens is 3. The first-order valence-electron chi connectivity index (χ1n) is 12.7. The van der Waals surface area contributed by atoms with E-state index in [1.165, 1.54) is 11.3 Å². The summed E-state index contributed by atoms with van der Waals surface area (Å²) in [5.41, 5.74) is 4.37. The van der Waals surface area contributed by atoms with E-state index < -0.39 is 11.7 Å². The molecule has 9 nitrogen and oxygen atoms in total. The van der Waals surface area contributed by atoms with Gasteiger partial charge in [-0.1, -0.05) is 11.3 Å². The quantitative estimate of drug-likeness (QED) is 0.371. The Hall–Kier alpha value is -3.37. The Morgan fingerprint density at radius 2 is 1.86 bits per heavy atom. The zero-order valence-corrected chi connectivity index (χ0v) is 22.2. The number of nitrogens with zero attached hydrogens (tertiary/aromatic N) is 4. The maximum absolute atomic E-state index is 12.2. The van der Waals surface area contributed by atoms with Gasteiger partial charge in [0.05, 0.1) is 35.6 Å². The lowest BCUT2D eigenvalue weighted by molar-refractivity contribution is 0.0636. The number of thiazole rings is 1. The topological polar surface area (TPSA) is 90.7 Å². The van der Waals surface area contributed by atoms with Crippen LogP contribution in [0.15, 0.2) is 30.3 Å². The van der Waals surface area contributed by atoms with E-state index in [4.69, 9.17) is 19.2 Å². The Morgan fingerprint density at radius 3 is 2.68 bits per heavy atom. The summed E-state index contributed by atoms with van der Waals surface area (Å²) < 4.78 is 20.4. The van der Waals surface area contributed by atoms with Crippen LogP contribution in [0.25, 0.3) is 32.6 Å². The summed E-state index contributed by atoms with van der Waals surface area (Å²) in [5.74, 6) is 1.80. The number of imidazole rings is 1. The molecule has 4 heterocycles. The lowest BCUT2D eigenvalue weighted by Gasteiger charge is -2.29. The summed E-state index contributed by atoms with van der Waals surface area (Å²) in [4.78, 5) is 24.2. The third kappa shape index (κ3) is 4.95. The highest BCUT2D eigenvalue weighted by molar-refractivity contribution is 7.22. The molecule has 0 aliphatic carbocycles. The monoisotopic (exact) mass is 521 g/mol. The predicted octanol–water partition coefficient (Wildman–Crippen LogP) is 5.67. The highest BCUT2D eigenvalue weighted by Gasteiger charge is 2.23. The molecule has 0 bridgehead atoms. The fraction of sp³-hybridized carbons (Fsp3) is 0.444. The largest absolute Gasteiger partial charge is 0.491 e. The van der Waals surface area contributed by atoms with Gasteiger partial charge in [0, 0.05) is 37.0 Å². The van der Waals surface area contributed by atoms with Crippen LogP contribution in [-0.2, 0) is 16.0 Å². The van der Waals surface area contributed by atoms with Gasteiger partial charge in [-0.15, -0.1) is 0 Å². The van der Waals surface area contributed by atoms with E-state index in [2.05, 4.69) is 38.0 Å². The second kappa shape index (κ2) is 9.50. The summed E-state index contributed by atoms with van der Waals surface area (Å²) in [7, 11) is 0. The smallest absolute Gasteiger partial charge is 0.413 e. The number of carbonyl (C=O) groups excluding carboxylic acids is 1. The molecule has 1 N–H and O–H groups in total. The molecule has 1 amide bonds. The number of rotatable bonds is 3. The van der Waals surface area contributed by atoms with Crippen molar-refractivity contribution in [3.63, 3.8) is 0 Å². The highest BCUT2D eigenvalue weighted by Crippen LogP contribution is 2.38. The summed E-state index contributed by atoms with van der Waals surface area (Å²) in [6.45, 7) is 10.3. The van der Waals surface area contributed by atoms with Crippen LogP contribution in [0, 0.1) is 0 Å². The Bertz CT molecular complexity index is 1470. The van der Waals surface area contributed by atoms with Crippen LogP contribution < -0.4 is 15.0 Å². The number of amides is 1. The lowest BCUT2D eigenvalue weighted by Crippen LogP contribution is -2.36. The SMILES string of the molecule is CC(C)(C)OC(=O)Nc1nc2ccc(-c3nc4cc(N5CCOCC5)cc5c4n3CCCCO5)cc2s1. The average molecular weight is 522 g/mol. The molecule has 0 atom stereocenters. The van der Waals surface area contributed by atoms with Crippen LogP contribution in [0.4, 0.5) is 15.6 Å². The summed E-state index contributed by atoms with van der Waals surface area (Å²) >= 11 is 1.42. The molecule has 2 aromatic carbocycles. The number of nitrogens with one attached hydrogen (secondary N) is 1. The van der Waals surface area contributed by atoms with Gasteiger partial charge in [0.2, 0.25) is 0 Å². The number of ether oxygens (including phenoxy) is 3. The van der Waals surface area contributed by atoms with E-state index in [0.29, 0.717) is 11.7 Å². The molecule has 1 saturated heterocycles. The van der Waals surface area contributed by atoms with Crippen molar-refractivity contribution in [2.45, 2.75) is 45.8 Å². The zero-order valence-electron chi connectivity index (χ0n) is 21.4. The van der Waals surface area contributed by atoms with Crippen molar-refractivity contribution in [2.75, 3.05) is 43.1 Å². The fourth-order valence-corrected chi connectivity index (χ4v) is 5.72. The molecule has 194 valence electrons. The minimum atomic E-state index is -0.570. The van der Waals surface area contributed by atoms with Crippen molar-refractivity contribution >= 4 is 49.5 Å². The Balaban J connectivity index is 1.38. The van der Waals surface area contributed by atoms with Gasteiger partial charge in [-0.05, 0) is 57.9 Å². The summed E-state index contributed by atoms with van der Waals surface area (Å²) in [6.07, 6.45) is 1.51. The molecule has 1 fully saturated rings. The van der Waals surface area contributed by atoms with E-state index in [1.807, 2.05) is 32.9 Å². The first-order chi connectivity index (χ1) is 17.8. The number of anilines is 2. The second-order valence-corrected chi connectivity index (χ2v) is 11.4. The minimum Gasteiger partial charge on any atom is -0.491 e. The number of hydrogen-bond donors (Lipinski definition) is 1. The van der Waals surface area contributed by atoms with E-state index in [-0.39, 0.29) is 0 Å². The van der Waals surface area contributed by atoms with Crippen molar-refractivity contribution in [3.8, 4) is 17.1 Å². The van der Waals surface area contributed by atoms with Gasteiger partial charge in [0.25, 0.3) is 0 Å². The second-order valence-electron chi connectivity index (χ2n) is 10.4. The van der Waals surface area contributed by atoms with Crippen molar-refractivity contribution in [3.05, 3.63) is 30.3 Å². The molecule has 6 rings (SSSR count). The van der Waals surface area contributed by atoms with E-state index in [1.54, 1.807) is 0 Å². The third-order valence-corrected chi connectivity index (χ3v) is 7.39. The number of benzene rings is 2. The minimum absolute atomic E-state index is 0.508. The van der Waals surface area contributed by atoms with Crippen molar-refractivity contribution in [2.24, 2.45) is 0 Å². The number of aryl methyl sites for hydroxylation is 1. The fourth-order valence-electron chi connectivity index (χ4n) is 4.83. The van der Waals surface area contributed by atoms with Gasteiger partial charge >= 0.3 is 6.09 Å². The van der Waals surface area contributed by atoms with Crippen molar-refractivity contribution in [1.29, 1.82) is 0 Å². The summed E-state index contributed by atoms with van der Waals surface area (Å²) in [5, 5.41) is 3.27. The van der Waals surface area contributed by atoms with Gasteiger partial charge < -0.3 is 23.7 Å². The maximum Gasteiger partial charge on any atom is 0.413 e. The Labute approximate surface area is 219 Å². The molecule has 2 aromatic heterocycles. The molecule has 0 unspecified atom stereocenters. The van der Waals surface area contributed by atoms with Crippen LogP contribution in [0.2, 0.25) is 0 Å². The van der Waals surface area contributed by atoms with Crippen molar-refractivity contribution < 1.29 is 19.0 Å². The Kier molecular flexibility index (Phi) is 6.16. The molecular weight excluding hydrogens is 490 g/mol. The van der Waals surface area contributed by atoms with Crippen LogP contribution >= 0.6 is 11.3 Å². The van der Waals surface area contributed by atoms with E-state index in [9.17, 15) is 4.79 Å². The number of fused-ring (bicyclic) bond motifs is 1. The van der Waals surface area contributed by atoms with Gasteiger partial charge in [-0.3, -0.25) is 5.32 Å². The van der Waals surface area contributed by atoms with Crippen LogP contribution in [0.5, 0.6) is 5.75 Å². The highest BCUT2D eigenvalue weighted by atomic mass is 32.1. The Morgan fingerprint density at radius 1 is 1.03 bits per heavy atom. The van der Waals surface area contributed by atoms with Gasteiger partial charge in [0.15, 0.2) is 5.13 Å². The summed E-state index contributed by atoms with van der Waals surface area (Å²) in [6, 6.07) is 10.4. The molecule has 0 radical (unpaired) electrons. The standard InChI is InChI=1S/C27H31N5O4S/c1-27(2,3)36-26(33)30-25-29-19-7-6-17(14-22(19)37-25)24-28-20-15-18(31-9-12-34-13-10-31)16-21-23(20)32(24)8-4-5-11-35-21/h6-7,14-16H,4-5,8-13H2,1-3H3,(H,29,30,33). The first-order valence-corrected chi connectivity index (χ1v) is 13.6. The molecule has 0 spiro atoms. The van der Waals surface area contributed by atoms with Crippen LogP contribution in [-0.4, -0.2) is 59.1 Å². The van der Waals surface area contributed by atoms with Gasteiger partial charge in [-0.25, -0.2) is 14.8 Å². The molecule has 0 saturated carbocycles. The van der Waals surface area contributed by atoms with E-state index in [0.717, 1.165) is 89.8 Å².